The third-order valence-corrected chi connectivity index (χ3v) is 5.01. The van der Waals surface area contributed by atoms with Gasteiger partial charge in [0.25, 0.3) is 0 Å². The first-order chi connectivity index (χ1) is 9.01. The zero-order valence-corrected chi connectivity index (χ0v) is 12.2. The van der Waals surface area contributed by atoms with E-state index in [1.54, 1.807) is 4.90 Å². The van der Waals surface area contributed by atoms with Crippen molar-refractivity contribution in [3.8, 4) is 0 Å². The lowest BCUT2D eigenvalue weighted by Crippen LogP contribution is -2.51. The summed E-state index contributed by atoms with van der Waals surface area (Å²) in [6, 6.07) is 0. The second-order valence-corrected chi connectivity index (χ2v) is 6.53. The molecule has 19 heavy (non-hydrogen) atoms. The molecular weight excluding hydrogens is 270 g/mol. The molecule has 0 saturated carbocycles. The molecule has 1 rings (SSSR count). The lowest BCUT2D eigenvalue weighted by Gasteiger charge is -2.33. The number of amides is 1. The van der Waals surface area contributed by atoms with Crippen molar-refractivity contribution in [2.75, 3.05) is 51.7 Å². The van der Waals surface area contributed by atoms with Crippen LogP contribution < -0.4 is 5.73 Å². The normalized spacial score (nSPS) is 17.7. The standard InChI is InChI=1S/C11H23N3O4S/c1-2-9-19(16,17)14-6-4-13(5-7-14)11(15)10-18-8-3-12/h2-10,12H2,1H3. The molecule has 1 saturated heterocycles. The Bertz CT molecular complexity index is 377. The minimum absolute atomic E-state index is 0.0128. The van der Waals surface area contributed by atoms with E-state index >= 15 is 0 Å². The van der Waals surface area contributed by atoms with Crippen LogP contribution in [-0.2, 0) is 19.6 Å². The van der Waals surface area contributed by atoms with Crippen LogP contribution in [0, 0.1) is 0 Å². The molecule has 1 fully saturated rings. The van der Waals surface area contributed by atoms with E-state index in [1.807, 2.05) is 6.92 Å². The zero-order chi connectivity index (χ0) is 14.3. The van der Waals surface area contributed by atoms with Crippen molar-refractivity contribution in [2.24, 2.45) is 5.73 Å². The Morgan fingerprint density at radius 3 is 2.42 bits per heavy atom. The first kappa shape index (κ1) is 16.4. The van der Waals surface area contributed by atoms with E-state index in [4.69, 9.17) is 10.5 Å². The maximum atomic E-state index is 11.9. The van der Waals surface area contributed by atoms with Crippen LogP contribution in [0.2, 0.25) is 0 Å². The summed E-state index contributed by atoms with van der Waals surface area (Å²) in [6.07, 6.45) is 0.606. The zero-order valence-electron chi connectivity index (χ0n) is 11.4. The predicted octanol–water partition coefficient (Wildman–Crippen LogP) is -1.15. The lowest BCUT2D eigenvalue weighted by atomic mass is 10.3. The van der Waals surface area contributed by atoms with Gasteiger partial charge in [-0.05, 0) is 6.42 Å². The van der Waals surface area contributed by atoms with Crippen molar-refractivity contribution in [3.05, 3.63) is 0 Å². The summed E-state index contributed by atoms with van der Waals surface area (Å²) in [5.41, 5.74) is 5.26. The Labute approximate surface area is 114 Å². The predicted molar refractivity (Wildman–Crippen MR) is 72.1 cm³/mol. The maximum Gasteiger partial charge on any atom is 0.248 e. The van der Waals surface area contributed by atoms with E-state index in [1.165, 1.54) is 4.31 Å². The summed E-state index contributed by atoms with van der Waals surface area (Å²) in [5.74, 6) is 0.0570. The quantitative estimate of drug-likeness (QED) is 0.598. The first-order valence-corrected chi connectivity index (χ1v) is 8.15. The highest BCUT2D eigenvalue weighted by Crippen LogP contribution is 2.09. The highest BCUT2D eigenvalue weighted by molar-refractivity contribution is 7.89. The molecule has 1 heterocycles. The third-order valence-electron chi connectivity index (χ3n) is 2.93. The number of ether oxygens (including phenoxy) is 1. The number of sulfonamides is 1. The van der Waals surface area contributed by atoms with Gasteiger partial charge in [0.15, 0.2) is 0 Å². The molecule has 1 aliphatic rings. The third kappa shape index (κ3) is 5.06. The number of hydrogen-bond acceptors (Lipinski definition) is 5. The van der Waals surface area contributed by atoms with Crippen LogP contribution >= 0.6 is 0 Å². The Morgan fingerprint density at radius 1 is 1.26 bits per heavy atom. The van der Waals surface area contributed by atoms with Crippen molar-refractivity contribution in [2.45, 2.75) is 13.3 Å². The Kier molecular flexibility index (Phi) is 6.70. The van der Waals surface area contributed by atoms with E-state index < -0.39 is 10.0 Å². The lowest BCUT2D eigenvalue weighted by molar-refractivity contribution is -0.137. The molecule has 0 aromatic heterocycles. The first-order valence-electron chi connectivity index (χ1n) is 6.54. The average Bonchev–Trinajstić information content (AvgIpc) is 2.39. The van der Waals surface area contributed by atoms with Crippen molar-refractivity contribution >= 4 is 15.9 Å². The van der Waals surface area contributed by atoms with E-state index in [0.29, 0.717) is 45.8 Å². The monoisotopic (exact) mass is 293 g/mol. The van der Waals surface area contributed by atoms with Crippen molar-refractivity contribution in [1.82, 2.24) is 9.21 Å². The molecule has 0 radical (unpaired) electrons. The van der Waals surface area contributed by atoms with Gasteiger partial charge in [0, 0.05) is 32.7 Å². The summed E-state index contributed by atoms with van der Waals surface area (Å²) in [7, 11) is -3.16. The molecule has 112 valence electrons. The van der Waals surface area contributed by atoms with Gasteiger partial charge in [0.2, 0.25) is 15.9 Å². The Morgan fingerprint density at radius 2 is 1.89 bits per heavy atom. The van der Waals surface area contributed by atoms with Crippen LogP contribution in [-0.4, -0.2) is 75.2 Å². The molecule has 2 N–H and O–H groups in total. The van der Waals surface area contributed by atoms with Gasteiger partial charge in [-0.15, -0.1) is 0 Å². The fourth-order valence-electron chi connectivity index (χ4n) is 1.94. The molecule has 0 bridgehead atoms. The van der Waals surface area contributed by atoms with Crippen LogP contribution in [0.15, 0.2) is 0 Å². The summed E-state index contributed by atoms with van der Waals surface area (Å²) in [4.78, 5) is 13.4. The van der Waals surface area contributed by atoms with Crippen LogP contribution in [0.3, 0.4) is 0 Å². The van der Waals surface area contributed by atoms with Gasteiger partial charge in [0.1, 0.15) is 6.61 Å². The maximum absolute atomic E-state index is 11.9. The molecule has 0 atom stereocenters. The van der Waals surface area contributed by atoms with Crippen molar-refractivity contribution in [1.29, 1.82) is 0 Å². The fraction of sp³-hybridized carbons (Fsp3) is 0.909. The second kappa shape index (κ2) is 7.78. The molecule has 0 aromatic carbocycles. The smallest absolute Gasteiger partial charge is 0.248 e. The van der Waals surface area contributed by atoms with E-state index in [9.17, 15) is 13.2 Å². The SMILES string of the molecule is CCCS(=O)(=O)N1CCN(C(=O)COCCN)CC1. The minimum Gasteiger partial charge on any atom is -0.370 e. The number of piperazine rings is 1. The van der Waals surface area contributed by atoms with Gasteiger partial charge >= 0.3 is 0 Å². The minimum atomic E-state index is -3.16. The summed E-state index contributed by atoms with van der Waals surface area (Å²) in [5, 5.41) is 0. The number of hydrogen-bond donors (Lipinski definition) is 1. The van der Waals surface area contributed by atoms with E-state index in [2.05, 4.69) is 0 Å². The van der Waals surface area contributed by atoms with Gasteiger partial charge in [-0.3, -0.25) is 4.79 Å². The van der Waals surface area contributed by atoms with Crippen LogP contribution in [0.4, 0.5) is 0 Å². The Balaban J connectivity index is 2.38. The number of nitrogens with zero attached hydrogens (tertiary/aromatic N) is 2. The van der Waals surface area contributed by atoms with Gasteiger partial charge in [0.05, 0.1) is 12.4 Å². The van der Waals surface area contributed by atoms with Gasteiger partial charge in [-0.25, -0.2) is 8.42 Å². The molecular formula is C11H23N3O4S. The van der Waals surface area contributed by atoms with E-state index in [0.717, 1.165) is 0 Å². The molecule has 1 aliphatic heterocycles. The van der Waals surface area contributed by atoms with Gasteiger partial charge in [-0.2, -0.15) is 4.31 Å². The molecule has 0 spiro atoms. The van der Waals surface area contributed by atoms with Crippen molar-refractivity contribution in [3.63, 3.8) is 0 Å². The average molecular weight is 293 g/mol. The largest absolute Gasteiger partial charge is 0.370 e. The Hall–Kier alpha value is -0.700. The van der Waals surface area contributed by atoms with Crippen LogP contribution in [0.25, 0.3) is 0 Å². The molecule has 7 nitrogen and oxygen atoms in total. The number of rotatable bonds is 7. The van der Waals surface area contributed by atoms with Crippen LogP contribution in [0.1, 0.15) is 13.3 Å². The number of carbonyl (C=O) groups excluding carboxylic acids is 1. The number of nitrogens with two attached hydrogens (primary N) is 1. The summed E-state index contributed by atoms with van der Waals surface area (Å²) < 4.78 is 30.3. The molecule has 1 amide bonds. The molecule has 0 unspecified atom stereocenters. The molecule has 0 aliphatic carbocycles. The molecule has 8 heteroatoms. The summed E-state index contributed by atoms with van der Waals surface area (Å²) in [6.45, 7) is 4.18. The van der Waals surface area contributed by atoms with Crippen molar-refractivity contribution < 1.29 is 17.9 Å². The van der Waals surface area contributed by atoms with Gasteiger partial charge in [-0.1, -0.05) is 6.92 Å². The van der Waals surface area contributed by atoms with Gasteiger partial charge < -0.3 is 15.4 Å². The highest BCUT2D eigenvalue weighted by atomic mass is 32.2. The highest BCUT2D eigenvalue weighted by Gasteiger charge is 2.27. The number of carbonyl (C=O) groups is 1. The summed E-state index contributed by atoms with van der Waals surface area (Å²) >= 11 is 0. The van der Waals surface area contributed by atoms with Crippen LogP contribution in [0.5, 0.6) is 0 Å². The topological polar surface area (TPSA) is 92.9 Å². The fourth-order valence-corrected chi connectivity index (χ4v) is 3.43. The second-order valence-electron chi connectivity index (χ2n) is 4.44. The van der Waals surface area contributed by atoms with E-state index in [-0.39, 0.29) is 18.3 Å². The molecule has 0 aromatic rings.